The van der Waals surface area contributed by atoms with E-state index in [9.17, 15) is 13.2 Å². The molecule has 2 aromatic carbocycles. The summed E-state index contributed by atoms with van der Waals surface area (Å²) in [5.74, 6) is 1.07. The van der Waals surface area contributed by atoms with Gasteiger partial charge in [-0.05, 0) is 54.2 Å². The summed E-state index contributed by atoms with van der Waals surface area (Å²) in [6, 6.07) is 15.2. The summed E-state index contributed by atoms with van der Waals surface area (Å²) in [4.78, 5) is 15.7. The van der Waals surface area contributed by atoms with Crippen molar-refractivity contribution in [2.24, 2.45) is 5.92 Å². The number of nitrogens with one attached hydrogen (secondary N) is 1. The van der Waals surface area contributed by atoms with Crippen LogP contribution in [0.3, 0.4) is 0 Å². The number of sulfone groups is 1. The number of benzene rings is 2. The molecule has 0 aromatic heterocycles. The average molecular weight is 473 g/mol. The molecule has 2 aromatic rings. The second-order valence-electron chi connectivity index (χ2n) is 8.89. The van der Waals surface area contributed by atoms with Gasteiger partial charge in [-0.3, -0.25) is 4.79 Å². The number of amides is 1. The molecular formula is C25H32N2O5S. The van der Waals surface area contributed by atoms with E-state index in [1.807, 2.05) is 29.2 Å². The molecule has 2 fully saturated rings. The maximum Gasteiger partial charge on any atom is 0.226 e. The van der Waals surface area contributed by atoms with Gasteiger partial charge in [-0.15, -0.1) is 0 Å². The molecule has 1 heterocycles. The monoisotopic (exact) mass is 472 g/mol. The SMILES string of the molecule is COc1ccc([C@H]2C[C@H](NCc3ccc(S(C)(=O)=O)cc3)C[C@@H]2C(=O)N2CCOCC2)cc1. The first-order valence-corrected chi connectivity index (χ1v) is 13.3. The van der Waals surface area contributed by atoms with Gasteiger partial charge in [-0.1, -0.05) is 24.3 Å². The Labute approximate surface area is 196 Å². The molecule has 0 unspecified atom stereocenters. The van der Waals surface area contributed by atoms with Gasteiger partial charge in [0, 0.05) is 37.8 Å². The van der Waals surface area contributed by atoms with E-state index in [0.29, 0.717) is 37.7 Å². The second-order valence-corrected chi connectivity index (χ2v) is 10.9. The number of methoxy groups -OCH3 is 1. The lowest BCUT2D eigenvalue weighted by Crippen LogP contribution is -2.44. The van der Waals surface area contributed by atoms with E-state index in [4.69, 9.17) is 9.47 Å². The fourth-order valence-electron chi connectivity index (χ4n) is 4.83. The minimum absolute atomic E-state index is 0.0818. The third-order valence-electron chi connectivity index (χ3n) is 6.69. The van der Waals surface area contributed by atoms with Crippen molar-refractivity contribution in [1.82, 2.24) is 10.2 Å². The third-order valence-corrected chi connectivity index (χ3v) is 7.82. The van der Waals surface area contributed by atoms with Crippen LogP contribution in [-0.2, 0) is 25.9 Å². The van der Waals surface area contributed by atoms with Gasteiger partial charge < -0.3 is 19.7 Å². The Bertz CT molecular complexity index is 1050. The molecule has 1 N–H and O–H groups in total. The van der Waals surface area contributed by atoms with E-state index >= 15 is 0 Å². The van der Waals surface area contributed by atoms with Gasteiger partial charge in [-0.25, -0.2) is 8.42 Å². The summed E-state index contributed by atoms with van der Waals surface area (Å²) in [6.45, 7) is 3.11. The highest BCUT2D eigenvalue weighted by atomic mass is 32.2. The molecular weight excluding hydrogens is 440 g/mol. The summed E-state index contributed by atoms with van der Waals surface area (Å²) in [5, 5.41) is 3.60. The van der Waals surface area contributed by atoms with Gasteiger partial charge in [0.25, 0.3) is 0 Å². The first-order chi connectivity index (χ1) is 15.8. The highest BCUT2D eigenvalue weighted by Gasteiger charge is 2.41. The van der Waals surface area contributed by atoms with E-state index in [1.54, 1.807) is 19.2 Å². The summed E-state index contributed by atoms with van der Waals surface area (Å²) in [6.07, 6.45) is 2.85. The predicted octanol–water partition coefficient (Wildman–Crippen LogP) is 2.61. The van der Waals surface area contributed by atoms with Crippen molar-refractivity contribution in [3.8, 4) is 5.75 Å². The van der Waals surface area contributed by atoms with Crippen LogP contribution in [-0.4, -0.2) is 64.9 Å². The lowest BCUT2D eigenvalue weighted by molar-refractivity contribution is -0.140. The van der Waals surface area contributed by atoms with E-state index in [0.717, 1.165) is 29.7 Å². The number of morpholine rings is 1. The predicted molar refractivity (Wildman–Crippen MR) is 126 cm³/mol. The topological polar surface area (TPSA) is 84.9 Å². The van der Waals surface area contributed by atoms with Crippen LogP contribution in [0, 0.1) is 5.92 Å². The van der Waals surface area contributed by atoms with Crippen molar-refractivity contribution in [1.29, 1.82) is 0 Å². The first kappa shape index (κ1) is 23.7. The zero-order chi connectivity index (χ0) is 23.4. The summed E-state index contributed by atoms with van der Waals surface area (Å²) in [7, 11) is -1.55. The number of rotatable bonds is 7. The molecule has 178 valence electrons. The molecule has 7 nitrogen and oxygen atoms in total. The molecule has 1 aliphatic heterocycles. The van der Waals surface area contributed by atoms with Gasteiger partial charge in [0.15, 0.2) is 9.84 Å². The van der Waals surface area contributed by atoms with E-state index in [-0.39, 0.29) is 23.8 Å². The van der Waals surface area contributed by atoms with E-state index in [2.05, 4.69) is 17.4 Å². The minimum Gasteiger partial charge on any atom is -0.497 e. The Balaban J connectivity index is 1.47. The lowest BCUT2D eigenvalue weighted by Gasteiger charge is -2.31. The van der Waals surface area contributed by atoms with Crippen LogP contribution in [0.1, 0.15) is 29.9 Å². The van der Waals surface area contributed by atoms with Gasteiger partial charge in [0.2, 0.25) is 5.91 Å². The summed E-state index contributed by atoms with van der Waals surface area (Å²) >= 11 is 0. The molecule has 33 heavy (non-hydrogen) atoms. The molecule has 1 aliphatic carbocycles. The molecule has 1 saturated carbocycles. The van der Waals surface area contributed by atoms with Gasteiger partial charge in [0.05, 0.1) is 25.2 Å². The van der Waals surface area contributed by atoms with Crippen molar-refractivity contribution >= 4 is 15.7 Å². The van der Waals surface area contributed by atoms with Crippen LogP contribution in [0.25, 0.3) is 0 Å². The van der Waals surface area contributed by atoms with Crippen LogP contribution in [0.5, 0.6) is 5.75 Å². The van der Waals surface area contributed by atoms with Crippen LogP contribution in [0.4, 0.5) is 0 Å². The van der Waals surface area contributed by atoms with E-state index in [1.165, 1.54) is 6.26 Å². The van der Waals surface area contributed by atoms with Crippen LogP contribution in [0.2, 0.25) is 0 Å². The average Bonchev–Trinajstić information content (AvgIpc) is 3.27. The molecule has 1 saturated heterocycles. The number of nitrogens with zero attached hydrogens (tertiary/aromatic N) is 1. The zero-order valence-electron chi connectivity index (χ0n) is 19.2. The minimum atomic E-state index is -3.20. The highest BCUT2D eigenvalue weighted by Crippen LogP contribution is 2.41. The first-order valence-electron chi connectivity index (χ1n) is 11.4. The van der Waals surface area contributed by atoms with Crippen molar-refractivity contribution in [3.05, 3.63) is 59.7 Å². The van der Waals surface area contributed by atoms with Crippen molar-refractivity contribution in [3.63, 3.8) is 0 Å². The number of carbonyl (C=O) groups is 1. The zero-order valence-corrected chi connectivity index (χ0v) is 20.0. The van der Waals surface area contributed by atoms with Gasteiger partial charge >= 0.3 is 0 Å². The van der Waals surface area contributed by atoms with Crippen molar-refractivity contribution in [2.45, 2.75) is 36.2 Å². The Kier molecular flexibility index (Phi) is 7.36. The Morgan fingerprint density at radius 1 is 1.06 bits per heavy atom. The van der Waals surface area contributed by atoms with Crippen LogP contribution in [0.15, 0.2) is 53.4 Å². The molecule has 0 spiro atoms. The second kappa shape index (κ2) is 10.2. The summed E-state index contributed by atoms with van der Waals surface area (Å²) < 4.78 is 34.1. The Morgan fingerprint density at radius 2 is 1.73 bits per heavy atom. The Morgan fingerprint density at radius 3 is 2.33 bits per heavy atom. The third kappa shape index (κ3) is 5.75. The van der Waals surface area contributed by atoms with Crippen molar-refractivity contribution < 1.29 is 22.7 Å². The van der Waals surface area contributed by atoms with Crippen molar-refractivity contribution in [2.75, 3.05) is 39.7 Å². The number of hydrogen-bond donors (Lipinski definition) is 1. The fourth-order valence-corrected chi connectivity index (χ4v) is 5.46. The maximum atomic E-state index is 13.4. The molecule has 1 amide bonds. The number of ether oxygens (including phenoxy) is 2. The van der Waals surface area contributed by atoms with E-state index < -0.39 is 9.84 Å². The van der Waals surface area contributed by atoms with Crippen LogP contribution < -0.4 is 10.1 Å². The standard InChI is InChI=1S/C25H32N2O5S/c1-31-21-7-5-19(6-8-21)23-15-20(16-24(23)25(28)27-11-13-32-14-12-27)26-17-18-3-9-22(10-4-18)33(2,29)30/h3-10,20,23-24,26H,11-17H2,1-2H3/t20-,23+,24-/m0/s1. The Hall–Kier alpha value is -2.42. The van der Waals surface area contributed by atoms with Gasteiger partial charge in [0.1, 0.15) is 5.75 Å². The smallest absolute Gasteiger partial charge is 0.226 e. The maximum absolute atomic E-state index is 13.4. The quantitative estimate of drug-likeness (QED) is 0.667. The number of carbonyl (C=O) groups excluding carboxylic acids is 1. The molecule has 2 aliphatic rings. The summed E-state index contributed by atoms with van der Waals surface area (Å²) in [5.41, 5.74) is 2.18. The molecule has 8 heteroatoms. The molecule has 0 radical (unpaired) electrons. The normalized spacial score (nSPS) is 23.5. The molecule has 0 bridgehead atoms. The molecule has 3 atom stereocenters. The molecule has 4 rings (SSSR count). The fraction of sp³-hybridized carbons (Fsp3) is 0.480. The largest absolute Gasteiger partial charge is 0.497 e. The lowest BCUT2D eigenvalue weighted by atomic mass is 9.88. The van der Waals surface area contributed by atoms with Gasteiger partial charge in [-0.2, -0.15) is 0 Å². The highest BCUT2D eigenvalue weighted by molar-refractivity contribution is 7.90. The number of hydrogen-bond acceptors (Lipinski definition) is 6. The van der Waals surface area contributed by atoms with Crippen LogP contribution >= 0.6 is 0 Å².